The van der Waals surface area contributed by atoms with Gasteiger partial charge in [-0.15, -0.1) is 0 Å². The van der Waals surface area contributed by atoms with Crippen LogP contribution in [0.15, 0.2) is 45.8 Å². The fourth-order valence-electron chi connectivity index (χ4n) is 1.69. The second kappa shape index (κ2) is 6.31. The van der Waals surface area contributed by atoms with E-state index in [0.29, 0.717) is 10.0 Å². The van der Waals surface area contributed by atoms with Gasteiger partial charge in [-0.25, -0.2) is 4.39 Å². The predicted octanol–water partition coefficient (Wildman–Crippen LogP) is 3.39. The number of nitro benzene ring substituents is 1. The molecule has 0 amide bonds. The molecule has 8 heteroatoms. The molecule has 2 aromatic rings. The molecule has 21 heavy (non-hydrogen) atoms. The van der Waals surface area contributed by atoms with Crippen LogP contribution in [0.4, 0.5) is 15.8 Å². The van der Waals surface area contributed by atoms with Crippen LogP contribution in [-0.2, 0) is 16.6 Å². The van der Waals surface area contributed by atoms with E-state index in [-0.39, 0.29) is 22.0 Å². The van der Waals surface area contributed by atoms with Crippen LogP contribution in [0.1, 0.15) is 5.56 Å². The van der Waals surface area contributed by atoms with Crippen molar-refractivity contribution in [2.24, 2.45) is 0 Å². The lowest BCUT2D eigenvalue weighted by atomic mass is 10.2. The summed E-state index contributed by atoms with van der Waals surface area (Å²) in [6, 6.07) is 7.85. The molecule has 110 valence electrons. The minimum Gasteiger partial charge on any atom is -0.398 e. The number of hydrogen-bond donors (Lipinski definition) is 1. The van der Waals surface area contributed by atoms with Crippen molar-refractivity contribution in [3.05, 3.63) is 62.4 Å². The Morgan fingerprint density at radius 2 is 2.00 bits per heavy atom. The van der Waals surface area contributed by atoms with Crippen LogP contribution in [0.25, 0.3) is 0 Å². The van der Waals surface area contributed by atoms with Crippen LogP contribution in [-0.4, -0.2) is 9.13 Å². The Balaban J connectivity index is 2.27. The zero-order valence-electron chi connectivity index (χ0n) is 10.6. The first-order chi connectivity index (χ1) is 9.88. The molecule has 0 aromatic heterocycles. The van der Waals surface area contributed by atoms with E-state index in [0.717, 1.165) is 6.07 Å². The Kier molecular flexibility index (Phi) is 4.69. The molecule has 0 fully saturated rings. The third-order valence-corrected chi connectivity index (χ3v) is 4.91. The average molecular weight is 373 g/mol. The summed E-state index contributed by atoms with van der Waals surface area (Å²) < 4.78 is 25.9. The number of anilines is 1. The fourth-order valence-corrected chi connectivity index (χ4v) is 3.65. The summed E-state index contributed by atoms with van der Waals surface area (Å²) in [5, 5.41) is 10.7. The zero-order valence-corrected chi connectivity index (χ0v) is 13.0. The SMILES string of the molecule is Nc1ccc(F)cc1S(=O)Cc1ccc([N+](=O)[O-])cc1Br. The van der Waals surface area contributed by atoms with Crippen molar-refractivity contribution in [2.75, 3.05) is 5.73 Å². The summed E-state index contributed by atoms with van der Waals surface area (Å²) in [7, 11) is -1.55. The summed E-state index contributed by atoms with van der Waals surface area (Å²) in [6.45, 7) is 0. The van der Waals surface area contributed by atoms with Gasteiger partial charge in [-0.3, -0.25) is 14.3 Å². The molecule has 0 heterocycles. The Morgan fingerprint density at radius 1 is 1.29 bits per heavy atom. The predicted molar refractivity (Wildman–Crippen MR) is 81.7 cm³/mol. The van der Waals surface area contributed by atoms with Crippen LogP contribution in [0, 0.1) is 15.9 Å². The van der Waals surface area contributed by atoms with Gasteiger partial charge in [0, 0.05) is 22.3 Å². The summed E-state index contributed by atoms with van der Waals surface area (Å²) in [5.41, 5.74) is 6.47. The topological polar surface area (TPSA) is 86.2 Å². The molecule has 1 unspecified atom stereocenters. The van der Waals surface area contributed by atoms with Crippen molar-refractivity contribution in [1.82, 2.24) is 0 Å². The second-order valence-corrected chi connectivity index (χ2v) is 6.48. The number of nitrogens with two attached hydrogens (primary N) is 1. The van der Waals surface area contributed by atoms with Gasteiger partial charge in [0.1, 0.15) is 5.82 Å². The van der Waals surface area contributed by atoms with Gasteiger partial charge in [0.2, 0.25) is 0 Å². The van der Waals surface area contributed by atoms with Crippen LogP contribution in [0.5, 0.6) is 0 Å². The van der Waals surface area contributed by atoms with E-state index in [4.69, 9.17) is 5.73 Å². The van der Waals surface area contributed by atoms with E-state index in [9.17, 15) is 18.7 Å². The van der Waals surface area contributed by atoms with Crippen molar-refractivity contribution >= 4 is 38.1 Å². The molecular weight excluding hydrogens is 363 g/mol. The molecule has 5 nitrogen and oxygen atoms in total. The highest BCUT2D eigenvalue weighted by Crippen LogP contribution is 2.27. The van der Waals surface area contributed by atoms with Crippen molar-refractivity contribution in [3.63, 3.8) is 0 Å². The molecule has 0 aliphatic carbocycles. The van der Waals surface area contributed by atoms with Crippen LogP contribution in [0.3, 0.4) is 0 Å². The molecule has 2 rings (SSSR count). The first kappa shape index (κ1) is 15.6. The molecule has 0 radical (unpaired) electrons. The summed E-state index contributed by atoms with van der Waals surface area (Å²) in [4.78, 5) is 10.3. The van der Waals surface area contributed by atoms with Crippen LogP contribution >= 0.6 is 15.9 Å². The van der Waals surface area contributed by atoms with E-state index in [1.165, 1.54) is 30.3 Å². The number of hydrogen-bond acceptors (Lipinski definition) is 4. The maximum absolute atomic E-state index is 13.2. The second-order valence-electron chi connectivity index (χ2n) is 4.20. The third-order valence-electron chi connectivity index (χ3n) is 2.75. The maximum atomic E-state index is 13.2. The van der Waals surface area contributed by atoms with Gasteiger partial charge in [-0.05, 0) is 23.8 Å². The lowest BCUT2D eigenvalue weighted by Gasteiger charge is -2.07. The number of halogens is 2. The number of nitro groups is 1. The van der Waals surface area contributed by atoms with E-state index >= 15 is 0 Å². The lowest BCUT2D eigenvalue weighted by Crippen LogP contribution is -2.02. The van der Waals surface area contributed by atoms with Gasteiger partial charge in [0.25, 0.3) is 5.69 Å². The molecule has 0 aliphatic heterocycles. The van der Waals surface area contributed by atoms with Crippen molar-refractivity contribution < 1.29 is 13.5 Å². The van der Waals surface area contributed by atoms with Crippen molar-refractivity contribution in [2.45, 2.75) is 10.6 Å². The molecule has 0 bridgehead atoms. The number of non-ortho nitro benzene ring substituents is 1. The van der Waals surface area contributed by atoms with Gasteiger partial charge in [0.05, 0.1) is 26.4 Å². The minimum atomic E-state index is -1.55. The lowest BCUT2D eigenvalue weighted by molar-refractivity contribution is -0.384. The summed E-state index contributed by atoms with van der Waals surface area (Å²) >= 11 is 3.21. The molecule has 2 N–H and O–H groups in total. The zero-order chi connectivity index (χ0) is 15.6. The summed E-state index contributed by atoms with van der Waals surface area (Å²) in [5.74, 6) is -0.443. The number of rotatable bonds is 4. The number of benzene rings is 2. The first-order valence-electron chi connectivity index (χ1n) is 5.74. The highest BCUT2D eigenvalue weighted by Gasteiger charge is 2.14. The first-order valence-corrected chi connectivity index (χ1v) is 7.86. The van der Waals surface area contributed by atoms with Crippen LogP contribution in [0.2, 0.25) is 0 Å². The standard InChI is InChI=1S/C13H10BrFN2O3S/c14-11-6-10(17(18)19)3-1-8(11)7-21(20)13-5-9(15)2-4-12(13)16/h1-6H,7,16H2. The Bertz CT molecular complexity index is 739. The van der Waals surface area contributed by atoms with Crippen molar-refractivity contribution in [1.29, 1.82) is 0 Å². The normalized spacial score (nSPS) is 12.1. The van der Waals surface area contributed by atoms with E-state index in [2.05, 4.69) is 15.9 Å². The van der Waals surface area contributed by atoms with Gasteiger partial charge < -0.3 is 5.73 Å². The fraction of sp³-hybridized carbons (Fsp3) is 0.0769. The number of nitrogen functional groups attached to an aromatic ring is 1. The van der Waals surface area contributed by atoms with E-state index in [1.807, 2.05) is 0 Å². The van der Waals surface area contributed by atoms with Gasteiger partial charge in [0.15, 0.2) is 0 Å². The third kappa shape index (κ3) is 3.64. The molecule has 1 atom stereocenters. The molecule has 0 saturated heterocycles. The highest BCUT2D eigenvalue weighted by molar-refractivity contribution is 9.10. The molecule has 2 aromatic carbocycles. The molecule has 0 spiro atoms. The average Bonchev–Trinajstić information content (AvgIpc) is 2.43. The Hall–Kier alpha value is -1.80. The van der Waals surface area contributed by atoms with Gasteiger partial charge in [-0.1, -0.05) is 22.0 Å². The Morgan fingerprint density at radius 3 is 2.62 bits per heavy atom. The van der Waals surface area contributed by atoms with E-state index < -0.39 is 21.5 Å². The number of nitrogens with zero attached hydrogens (tertiary/aromatic N) is 1. The van der Waals surface area contributed by atoms with Gasteiger partial charge >= 0.3 is 0 Å². The largest absolute Gasteiger partial charge is 0.398 e. The Labute approximate surface area is 130 Å². The smallest absolute Gasteiger partial charge is 0.270 e. The quantitative estimate of drug-likeness (QED) is 0.506. The van der Waals surface area contributed by atoms with Crippen molar-refractivity contribution in [3.8, 4) is 0 Å². The highest BCUT2D eigenvalue weighted by atomic mass is 79.9. The molecule has 0 aliphatic rings. The van der Waals surface area contributed by atoms with Gasteiger partial charge in [-0.2, -0.15) is 0 Å². The molecular formula is C13H10BrFN2O3S. The molecule has 0 saturated carbocycles. The minimum absolute atomic E-state index is 0.0679. The maximum Gasteiger partial charge on any atom is 0.270 e. The summed E-state index contributed by atoms with van der Waals surface area (Å²) in [6.07, 6.45) is 0. The van der Waals surface area contributed by atoms with E-state index in [1.54, 1.807) is 0 Å². The van der Waals surface area contributed by atoms with Crippen LogP contribution < -0.4 is 5.73 Å². The monoisotopic (exact) mass is 372 g/mol.